The lowest BCUT2D eigenvalue weighted by Gasteiger charge is -2.13. The third kappa shape index (κ3) is 14.6. The first-order valence-corrected chi connectivity index (χ1v) is 15.0. The van der Waals surface area contributed by atoms with E-state index in [1.165, 1.54) is 51.4 Å². The number of unbranched alkanes of at least 4 members (excludes halogenated alkanes) is 13. The molecule has 0 aliphatic heterocycles. The van der Waals surface area contributed by atoms with Crippen molar-refractivity contribution < 1.29 is 13.5 Å². The number of ether oxygens (including phenoxy) is 1. The molecule has 0 radical (unpaired) electrons. The standard InChI is InChI=1S/C32H48ClF2NO/c1-2-3-4-5-6-9-12-15-24-36-29-21-18-27(19-22-29)30-26-28(33)20-23-31(30)37-25-16-13-10-7-8-11-14-17-32(34)35/h18-23,26,32,36H,2-17,24-25H2,1H3. The largest absolute Gasteiger partial charge is 0.493 e. The van der Waals surface area contributed by atoms with Crippen LogP contribution in [0.15, 0.2) is 42.5 Å². The van der Waals surface area contributed by atoms with Gasteiger partial charge in [0, 0.05) is 29.2 Å². The van der Waals surface area contributed by atoms with Crippen LogP contribution in [0.25, 0.3) is 11.1 Å². The molecule has 2 aromatic rings. The third-order valence-corrected chi connectivity index (χ3v) is 7.06. The quantitative estimate of drug-likeness (QED) is 0.151. The lowest BCUT2D eigenvalue weighted by Crippen LogP contribution is -2.01. The van der Waals surface area contributed by atoms with Crippen molar-refractivity contribution in [3.8, 4) is 16.9 Å². The Kier molecular flexibility index (Phi) is 17.1. The number of nitrogens with one attached hydrogen (secondary N) is 1. The van der Waals surface area contributed by atoms with Crippen LogP contribution in [0.1, 0.15) is 110 Å². The molecule has 5 heteroatoms. The van der Waals surface area contributed by atoms with E-state index in [0.717, 1.165) is 67.6 Å². The molecule has 1 N–H and O–H groups in total. The van der Waals surface area contributed by atoms with Crippen LogP contribution in [0.4, 0.5) is 14.5 Å². The van der Waals surface area contributed by atoms with E-state index >= 15 is 0 Å². The minimum atomic E-state index is -2.16. The normalized spacial score (nSPS) is 11.3. The zero-order valence-electron chi connectivity index (χ0n) is 22.9. The van der Waals surface area contributed by atoms with E-state index in [-0.39, 0.29) is 6.42 Å². The Labute approximate surface area is 229 Å². The SMILES string of the molecule is CCCCCCCCCCNc1ccc(-c2cc(Cl)ccc2OCCCCCCCCCC(F)F)cc1. The van der Waals surface area contributed by atoms with Crippen LogP contribution in [0.2, 0.25) is 5.02 Å². The molecule has 0 saturated heterocycles. The summed E-state index contributed by atoms with van der Waals surface area (Å²) in [7, 11) is 0. The molecule has 0 fully saturated rings. The molecule has 2 aromatic carbocycles. The van der Waals surface area contributed by atoms with Gasteiger partial charge in [0.05, 0.1) is 6.61 Å². The number of halogens is 3. The molecule has 0 unspecified atom stereocenters. The summed E-state index contributed by atoms with van der Waals surface area (Å²) in [5.74, 6) is 0.857. The molecule has 2 nitrogen and oxygen atoms in total. The van der Waals surface area contributed by atoms with E-state index in [1.54, 1.807) is 0 Å². The van der Waals surface area contributed by atoms with Crippen molar-refractivity contribution in [2.45, 2.75) is 116 Å². The summed E-state index contributed by atoms with van der Waals surface area (Å²) in [6.45, 7) is 3.94. The molecule has 0 aromatic heterocycles. The molecule has 37 heavy (non-hydrogen) atoms. The van der Waals surface area contributed by atoms with Gasteiger partial charge in [-0.15, -0.1) is 0 Å². The Morgan fingerprint density at radius 2 is 1.32 bits per heavy atom. The predicted molar refractivity (Wildman–Crippen MR) is 156 cm³/mol. The number of rotatable bonds is 22. The molecule has 0 aliphatic rings. The minimum absolute atomic E-state index is 0.0375. The average Bonchev–Trinajstić information content (AvgIpc) is 2.89. The van der Waals surface area contributed by atoms with Crippen molar-refractivity contribution in [1.82, 2.24) is 0 Å². The second kappa shape index (κ2) is 20.2. The zero-order chi connectivity index (χ0) is 26.6. The lowest BCUT2D eigenvalue weighted by atomic mass is 10.0. The molecular formula is C32H48ClF2NO. The van der Waals surface area contributed by atoms with Crippen LogP contribution in [0, 0.1) is 0 Å². The van der Waals surface area contributed by atoms with Crippen molar-refractivity contribution in [2.24, 2.45) is 0 Å². The summed E-state index contributed by atoms with van der Waals surface area (Å²) in [5.41, 5.74) is 3.26. The van der Waals surface area contributed by atoms with Gasteiger partial charge in [-0.1, -0.05) is 108 Å². The Balaban J connectivity index is 1.68. The van der Waals surface area contributed by atoms with Gasteiger partial charge < -0.3 is 10.1 Å². The van der Waals surface area contributed by atoms with Crippen LogP contribution in [-0.2, 0) is 0 Å². The van der Waals surface area contributed by atoms with Crippen LogP contribution >= 0.6 is 11.6 Å². The fourth-order valence-corrected chi connectivity index (χ4v) is 4.75. The molecule has 0 aliphatic carbocycles. The molecular weight excluding hydrogens is 488 g/mol. The molecule has 0 atom stereocenters. The van der Waals surface area contributed by atoms with Gasteiger partial charge >= 0.3 is 0 Å². The van der Waals surface area contributed by atoms with Crippen molar-refractivity contribution in [3.63, 3.8) is 0 Å². The van der Waals surface area contributed by atoms with Gasteiger partial charge in [0.2, 0.25) is 6.43 Å². The van der Waals surface area contributed by atoms with Gasteiger partial charge in [0.25, 0.3) is 0 Å². The fourth-order valence-electron chi connectivity index (χ4n) is 4.58. The first-order chi connectivity index (χ1) is 18.1. The van der Waals surface area contributed by atoms with E-state index in [9.17, 15) is 8.78 Å². The van der Waals surface area contributed by atoms with E-state index in [1.807, 2.05) is 18.2 Å². The highest BCUT2D eigenvalue weighted by atomic mass is 35.5. The fraction of sp³-hybridized carbons (Fsp3) is 0.625. The maximum absolute atomic E-state index is 12.2. The van der Waals surface area contributed by atoms with E-state index in [4.69, 9.17) is 16.3 Å². The molecule has 208 valence electrons. The predicted octanol–water partition coefficient (Wildman–Crippen LogP) is 11.3. The maximum Gasteiger partial charge on any atom is 0.238 e. The van der Waals surface area contributed by atoms with Crippen molar-refractivity contribution >= 4 is 17.3 Å². The highest BCUT2D eigenvalue weighted by Gasteiger charge is 2.08. The smallest absolute Gasteiger partial charge is 0.238 e. The Hall–Kier alpha value is -1.81. The topological polar surface area (TPSA) is 21.3 Å². The van der Waals surface area contributed by atoms with Gasteiger partial charge in [0.1, 0.15) is 5.75 Å². The Morgan fingerprint density at radius 3 is 1.97 bits per heavy atom. The summed E-state index contributed by atoms with van der Waals surface area (Å²) in [5, 5.41) is 4.24. The van der Waals surface area contributed by atoms with Crippen molar-refractivity contribution in [1.29, 1.82) is 0 Å². The summed E-state index contributed by atoms with van der Waals surface area (Å²) in [6.07, 6.45) is 15.4. The molecule has 0 spiro atoms. The van der Waals surface area contributed by atoms with Crippen molar-refractivity contribution in [3.05, 3.63) is 47.5 Å². The summed E-state index contributed by atoms with van der Waals surface area (Å²) < 4.78 is 30.4. The monoisotopic (exact) mass is 535 g/mol. The Bertz CT molecular complexity index is 828. The molecule has 0 saturated carbocycles. The van der Waals surface area contributed by atoms with Crippen molar-refractivity contribution in [2.75, 3.05) is 18.5 Å². The van der Waals surface area contributed by atoms with Crippen LogP contribution < -0.4 is 10.1 Å². The van der Waals surface area contributed by atoms with Gasteiger partial charge in [-0.3, -0.25) is 0 Å². The third-order valence-electron chi connectivity index (χ3n) is 6.82. The second-order valence-electron chi connectivity index (χ2n) is 10.1. The minimum Gasteiger partial charge on any atom is -0.493 e. The van der Waals surface area contributed by atoms with Gasteiger partial charge in [-0.2, -0.15) is 0 Å². The second-order valence-corrected chi connectivity index (χ2v) is 10.6. The molecule has 0 amide bonds. The van der Waals surface area contributed by atoms with E-state index < -0.39 is 6.43 Å². The van der Waals surface area contributed by atoms with Gasteiger partial charge in [-0.05, 0) is 55.2 Å². The van der Waals surface area contributed by atoms with Gasteiger partial charge in [0.15, 0.2) is 0 Å². The maximum atomic E-state index is 12.2. The highest BCUT2D eigenvalue weighted by Crippen LogP contribution is 2.33. The van der Waals surface area contributed by atoms with Gasteiger partial charge in [-0.25, -0.2) is 8.78 Å². The first kappa shape index (κ1) is 31.4. The Morgan fingerprint density at radius 1 is 0.730 bits per heavy atom. The van der Waals surface area contributed by atoms with Crippen LogP contribution in [0.3, 0.4) is 0 Å². The molecule has 0 heterocycles. The zero-order valence-corrected chi connectivity index (χ0v) is 23.6. The highest BCUT2D eigenvalue weighted by molar-refractivity contribution is 6.31. The van der Waals surface area contributed by atoms with E-state index in [0.29, 0.717) is 18.1 Å². The average molecular weight is 536 g/mol. The van der Waals surface area contributed by atoms with Crippen LogP contribution in [0.5, 0.6) is 5.75 Å². The molecule has 2 rings (SSSR count). The number of anilines is 1. The number of alkyl halides is 2. The number of benzene rings is 2. The summed E-state index contributed by atoms with van der Waals surface area (Å²) in [6, 6.07) is 14.3. The van der Waals surface area contributed by atoms with Crippen LogP contribution in [-0.4, -0.2) is 19.6 Å². The first-order valence-electron chi connectivity index (χ1n) is 14.6. The number of hydrogen-bond donors (Lipinski definition) is 1. The summed E-state index contributed by atoms with van der Waals surface area (Å²) >= 11 is 6.31. The lowest BCUT2D eigenvalue weighted by molar-refractivity contribution is 0.133. The summed E-state index contributed by atoms with van der Waals surface area (Å²) in [4.78, 5) is 0. The molecule has 0 bridgehead atoms. The van der Waals surface area contributed by atoms with E-state index in [2.05, 4.69) is 36.5 Å². The number of hydrogen-bond acceptors (Lipinski definition) is 2.